The summed E-state index contributed by atoms with van der Waals surface area (Å²) in [7, 11) is 0. The van der Waals surface area contributed by atoms with E-state index in [1.165, 1.54) is 11.3 Å². The number of anilines is 1. The van der Waals surface area contributed by atoms with Crippen LogP contribution in [0, 0.1) is 0 Å². The Bertz CT molecular complexity index is 771. The molecule has 1 aromatic heterocycles. The van der Waals surface area contributed by atoms with Crippen molar-refractivity contribution in [1.29, 1.82) is 0 Å². The van der Waals surface area contributed by atoms with Crippen molar-refractivity contribution in [3.8, 4) is 11.3 Å². The lowest BCUT2D eigenvalue weighted by atomic mass is 10.1. The fraction of sp³-hybridized carbons (Fsp3) is 0.450. The quantitative estimate of drug-likeness (QED) is 0.581. The summed E-state index contributed by atoms with van der Waals surface area (Å²) in [6.07, 6.45) is 1.34. The van der Waals surface area contributed by atoms with E-state index in [-0.39, 0.29) is 5.91 Å². The second kappa shape index (κ2) is 10.2. The molecule has 0 aliphatic rings. The molecule has 0 saturated carbocycles. The molecule has 0 unspecified atom stereocenters. The lowest BCUT2D eigenvalue weighted by Crippen LogP contribution is -2.45. The summed E-state index contributed by atoms with van der Waals surface area (Å²) in [5.74, 6) is -0.322. The fourth-order valence-corrected chi connectivity index (χ4v) is 3.20. The predicted octanol–water partition coefficient (Wildman–Crippen LogP) is 3.77. The summed E-state index contributed by atoms with van der Waals surface area (Å²) in [6, 6.07) is 9.01. The van der Waals surface area contributed by atoms with Crippen LogP contribution in [0.5, 0.6) is 0 Å². The minimum absolute atomic E-state index is 0.322. The van der Waals surface area contributed by atoms with Gasteiger partial charge in [-0.15, -0.1) is 11.3 Å². The van der Waals surface area contributed by atoms with Gasteiger partial charge >= 0.3 is 6.09 Å². The first-order valence-electron chi connectivity index (χ1n) is 9.30. The molecule has 0 saturated heterocycles. The van der Waals surface area contributed by atoms with Crippen molar-refractivity contribution in [3.63, 3.8) is 0 Å². The summed E-state index contributed by atoms with van der Waals surface area (Å²) >= 11 is 1.34. The molecule has 8 heteroatoms. The van der Waals surface area contributed by atoms with E-state index in [1.54, 1.807) is 20.8 Å². The van der Waals surface area contributed by atoms with Crippen molar-refractivity contribution >= 4 is 28.5 Å². The van der Waals surface area contributed by atoms with Crippen LogP contribution in [0.1, 0.15) is 40.0 Å². The van der Waals surface area contributed by atoms with E-state index >= 15 is 0 Å². The number of carbonyl (C=O) groups is 2. The Kier molecular flexibility index (Phi) is 7.95. The average molecular weight is 405 g/mol. The summed E-state index contributed by atoms with van der Waals surface area (Å²) in [5, 5.41) is 7.82. The average Bonchev–Trinajstić information content (AvgIpc) is 3.08. The molecule has 0 fully saturated rings. The van der Waals surface area contributed by atoms with Gasteiger partial charge in [0.15, 0.2) is 5.13 Å². The number of alkyl carbamates (subject to hydrolysis) is 1. The van der Waals surface area contributed by atoms with E-state index in [4.69, 9.17) is 10.5 Å². The molecule has 28 heavy (non-hydrogen) atoms. The number of benzene rings is 1. The van der Waals surface area contributed by atoms with Gasteiger partial charge in [0, 0.05) is 10.9 Å². The molecule has 2 amide bonds. The first-order valence-corrected chi connectivity index (χ1v) is 10.2. The Labute approximate surface area is 169 Å². The van der Waals surface area contributed by atoms with Crippen molar-refractivity contribution in [2.75, 3.05) is 11.9 Å². The van der Waals surface area contributed by atoms with Crippen molar-refractivity contribution in [2.45, 2.75) is 51.7 Å². The zero-order valence-electron chi connectivity index (χ0n) is 16.5. The molecule has 0 spiro atoms. The van der Waals surface area contributed by atoms with Crippen LogP contribution < -0.4 is 16.4 Å². The minimum atomic E-state index is -0.717. The number of thiazole rings is 1. The van der Waals surface area contributed by atoms with E-state index in [0.717, 1.165) is 24.1 Å². The normalized spacial score (nSPS) is 12.3. The molecule has 0 aliphatic heterocycles. The molecule has 0 radical (unpaired) electrons. The Morgan fingerprint density at radius 2 is 1.93 bits per heavy atom. The van der Waals surface area contributed by atoms with Crippen molar-refractivity contribution in [1.82, 2.24) is 10.3 Å². The number of aromatic nitrogens is 1. The molecular formula is C20H28N4O3S. The van der Waals surface area contributed by atoms with Gasteiger partial charge in [0.25, 0.3) is 0 Å². The summed E-state index contributed by atoms with van der Waals surface area (Å²) in [6.45, 7) is 5.86. The SMILES string of the molecule is CC(C)(C)OC(=O)N[C@@H](CCCCN)C(=O)Nc1nc(-c2ccccc2)cs1. The summed E-state index contributed by atoms with van der Waals surface area (Å²) in [4.78, 5) is 29.3. The van der Waals surface area contributed by atoms with Crippen LogP contribution in [0.3, 0.4) is 0 Å². The predicted molar refractivity (Wildman–Crippen MR) is 112 cm³/mol. The van der Waals surface area contributed by atoms with Crippen LogP contribution in [-0.4, -0.2) is 35.2 Å². The maximum Gasteiger partial charge on any atom is 0.408 e. The number of ether oxygens (including phenoxy) is 1. The first kappa shape index (κ1) is 21.8. The Morgan fingerprint density at radius 1 is 1.21 bits per heavy atom. The van der Waals surface area contributed by atoms with Crippen molar-refractivity contribution in [2.24, 2.45) is 5.73 Å². The highest BCUT2D eigenvalue weighted by molar-refractivity contribution is 7.14. The maximum absolute atomic E-state index is 12.7. The van der Waals surface area contributed by atoms with E-state index in [9.17, 15) is 9.59 Å². The summed E-state index contributed by atoms with van der Waals surface area (Å²) in [5.41, 5.74) is 6.67. The number of nitrogens with two attached hydrogens (primary N) is 1. The maximum atomic E-state index is 12.7. The highest BCUT2D eigenvalue weighted by Crippen LogP contribution is 2.24. The van der Waals surface area contributed by atoms with Gasteiger partial charge in [-0.25, -0.2) is 9.78 Å². The third kappa shape index (κ3) is 7.28. The Balaban J connectivity index is 2.02. The summed E-state index contributed by atoms with van der Waals surface area (Å²) < 4.78 is 5.27. The number of carbonyl (C=O) groups excluding carboxylic acids is 2. The minimum Gasteiger partial charge on any atom is -0.444 e. The van der Waals surface area contributed by atoms with E-state index in [0.29, 0.717) is 18.1 Å². The van der Waals surface area contributed by atoms with E-state index in [2.05, 4.69) is 15.6 Å². The topological polar surface area (TPSA) is 106 Å². The molecule has 0 aliphatic carbocycles. The molecule has 2 rings (SSSR count). The van der Waals surface area contributed by atoms with Gasteiger partial charge in [-0.2, -0.15) is 0 Å². The molecule has 1 aromatic carbocycles. The Hall–Kier alpha value is -2.45. The first-order chi connectivity index (χ1) is 13.3. The zero-order valence-corrected chi connectivity index (χ0v) is 17.3. The molecule has 4 N–H and O–H groups in total. The largest absolute Gasteiger partial charge is 0.444 e. The third-order valence-corrected chi connectivity index (χ3v) is 4.52. The van der Waals surface area contributed by atoms with Crippen molar-refractivity contribution < 1.29 is 14.3 Å². The zero-order chi connectivity index (χ0) is 20.6. The number of amides is 2. The number of rotatable bonds is 8. The number of nitrogens with zero attached hydrogens (tertiary/aromatic N) is 1. The molecule has 152 valence electrons. The molecule has 2 aromatic rings. The number of hydrogen-bond donors (Lipinski definition) is 3. The van der Waals surface area contributed by atoms with Crippen LogP contribution >= 0.6 is 11.3 Å². The van der Waals surface area contributed by atoms with Gasteiger partial charge in [-0.05, 0) is 46.6 Å². The van der Waals surface area contributed by atoms with Gasteiger partial charge in [-0.3, -0.25) is 4.79 Å². The van der Waals surface area contributed by atoms with E-state index in [1.807, 2.05) is 35.7 Å². The third-order valence-electron chi connectivity index (χ3n) is 3.76. The smallest absolute Gasteiger partial charge is 0.408 e. The van der Waals surface area contributed by atoms with Crippen LogP contribution in [0.2, 0.25) is 0 Å². The fourth-order valence-electron chi connectivity index (χ4n) is 2.48. The van der Waals surface area contributed by atoms with Gasteiger partial charge in [0.1, 0.15) is 11.6 Å². The van der Waals surface area contributed by atoms with Crippen LogP contribution in [0.15, 0.2) is 35.7 Å². The van der Waals surface area contributed by atoms with Crippen LogP contribution in [0.4, 0.5) is 9.93 Å². The molecular weight excluding hydrogens is 376 g/mol. The molecule has 7 nitrogen and oxygen atoms in total. The van der Waals surface area contributed by atoms with Gasteiger partial charge in [-0.1, -0.05) is 30.3 Å². The standard InChI is InChI=1S/C20H28N4O3S/c1-20(2,3)27-19(26)23-15(11-7-8-12-21)17(25)24-18-22-16(13-28-18)14-9-5-4-6-10-14/h4-6,9-10,13,15H,7-8,11-12,21H2,1-3H3,(H,23,26)(H,22,24,25)/t15-/m0/s1. The second-order valence-electron chi connectivity index (χ2n) is 7.38. The van der Waals surface area contributed by atoms with Crippen molar-refractivity contribution in [3.05, 3.63) is 35.7 Å². The highest BCUT2D eigenvalue weighted by atomic mass is 32.1. The molecule has 0 bridgehead atoms. The Morgan fingerprint density at radius 3 is 2.57 bits per heavy atom. The monoisotopic (exact) mass is 404 g/mol. The molecule has 1 atom stereocenters. The number of hydrogen-bond acceptors (Lipinski definition) is 6. The number of unbranched alkanes of at least 4 members (excludes halogenated alkanes) is 1. The highest BCUT2D eigenvalue weighted by Gasteiger charge is 2.24. The molecule has 1 heterocycles. The lowest BCUT2D eigenvalue weighted by molar-refractivity contribution is -0.118. The van der Waals surface area contributed by atoms with Gasteiger partial charge in [0.05, 0.1) is 5.69 Å². The van der Waals surface area contributed by atoms with Crippen LogP contribution in [0.25, 0.3) is 11.3 Å². The van der Waals surface area contributed by atoms with E-state index < -0.39 is 17.7 Å². The lowest BCUT2D eigenvalue weighted by Gasteiger charge is -2.23. The van der Waals surface area contributed by atoms with Crippen LogP contribution in [-0.2, 0) is 9.53 Å². The van der Waals surface area contributed by atoms with Gasteiger partial charge < -0.3 is 21.1 Å². The number of nitrogens with one attached hydrogen (secondary N) is 2. The second-order valence-corrected chi connectivity index (χ2v) is 8.23. The van der Waals surface area contributed by atoms with Gasteiger partial charge in [0.2, 0.25) is 5.91 Å².